The Morgan fingerprint density at radius 2 is 0.750 bits per heavy atom. The molecule has 0 N–H and O–H groups in total. The summed E-state index contributed by atoms with van der Waals surface area (Å²) in [6.07, 6.45) is 1.99. The number of aryl methyl sites for hydroxylation is 2. The van der Waals surface area contributed by atoms with Gasteiger partial charge in [-0.1, -0.05) is 39.5 Å². The maximum atomic E-state index is 4.43. The van der Waals surface area contributed by atoms with Crippen LogP contribution in [-0.4, -0.2) is 0 Å². The first-order chi connectivity index (χ1) is 13.4. The fourth-order valence-electron chi connectivity index (χ4n) is 6.08. The molecule has 0 fully saturated rings. The molecule has 130 valence electrons. The summed E-state index contributed by atoms with van der Waals surface area (Å²) in [5.74, 6) is 0. The fraction of sp³-hybridized carbons (Fsp3) is 0.0714. The smallest absolute Gasteiger partial charge is 0.000117 e. The first-order valence-corrected chi connectivity index (χ1v) is 9.73. The van der Waals surface area contributed by atoms with Gasteiger partial charge in [0.25, 0.3) is 0 Å². The minimum atomic E-state index is 0.997. The van der Waals surface area contributed by atoms with E-state index in [0.29, 0.717) is 0 Å². The summed E-state index contributed by atoms with van der Waals surface area (Å²) in [6, 6.07) is 4.56. The van der Waals surface area contributed by atoms with E-state index in [-0.39, 0.29) is 0 Å². The fourth-order valence-corrected chi connectivity index (χ4v) is 6.08. The van der Waals surface area contributed by atoms with Crippen LogP contribution in [0.4, 0.5) is 0 Å². The second-order valence-electron chi connectivity index (χ2n) is 8.52. The molecule has 0 aliphatic heterocycles. The van der Waals surface area contributed by atoms with E-state index in [1.165, 1.54) is 65.0 Å². The van der Waals surface area contributed by atoms with E-state index in [1.54, 1.807) is 0 Å². The molecule has 1 aliphatic carbocycles. The molecule has 0 bridgehead atoms. The van der Waals surface area contributed by atoms with Gasteiger partial charge in [0.2, 0.25) is 0 Å². The van der Waals surface area contributed by atoms with Gasteiger partial charge in [-0.05, 0) is 121 Å². The molecule has 0 saturated heterocycles. The van der Waals surface area contributed by atoms with E-state index < -0.39 is 0 Å². The van der Waals surface area contributed by atoms with Crippen LogP contribution in [0.3, 0.4) is 0 Å². The van der Waals surface area contributed by atoms with E-state index in [1.807, 2.05) is 0 Å². The molecule has 0 amide bonds. The molecule has 6 aromatic carbocycles. The van der Waals surface area contributed by atoms with Crippen molar-refractivity contribution >= 4 is 93.3 Å². The van der Waals surface area contributed by atoms with Crippen molar-refractivity contribution in [3.8, 4) is 0 Å². The first-order valence-electron chi connectivity index (χ1n) is 9.73. The van der Waals surface area contributed by atoms with Crippen LogP contribution in [0, 0.1) is 0 Å². The second kappa shape index (κ2) is 4.05. The molecule has 0 radical (unpaired) electrons. The van der Waals surface area contributed by atoms with Gasteiger partial charge in [-0.25, -0.2) is 0 Å². The SMILES string of the molecule is C=c1c2c3c4c(c(=C)c(=C)c5cc6c(=C)c(=C)c7cc(c1=C)c3c(c76)c54)CC2. The quantitative estimate of drug-likeness (QED) is 0.367. The van der Waals surface area contributed by atoms with Gasteiger partial charge in [-0.3, -0.25) is 0 Å². The highest BCUT2D eigenvalue weighted by Gasteiger charge is 2.27. The molecule has 0 aromatic heterocycles. The predicted molar refractivity (Wildman–Crippen MR) is 126 cm³/mol. The topological polar surface area (TPSA) is 0 Å². The number of benzene rings is 4. The number of hydrogen-bond acceptors (Lipinski definition) is 0. The van der Waals surface area contributed by atoms with Crippen LogP contribution in [0.5, 0.6) is 0 Å². The number of rotatable bonds is 0. The largest absolute Gasteiger partial charge is 0.0909 e. The number of hydrogen-bond donors (Lipinski definition) is 0. The molecule has 6 aromatic rings. The maximum Gasteiger partial charge on any atom is -0.000117 e. The van der Waals surface area contributed by atoms with Crippen molar-refractivity contribution in [1.82, 2.24) is 0 Å². The average molecular weight is 354 g/mol. The van der Waals surface area contributed by atoms with Crippen molar-refractivity contribution in [2.45, 2.75) is 12.8 Å². The molecular weight excluding hydrogens is 336 g/mol. The van der Waals surface area contributed by atoms with Crippen molar-refractivity contribution in [2.75, 3.05) is 0 Å². The van der Waals surface area contributed by atoms with E-state index in [4.69, 9.17) is 0 Å². The Balaban J connectivity index is 2.16. The zero-order valence-corrected chi connectivity index (χ0v) is 15.8. The molecule has 28 heavy (non-hydrogen) atoms. The minimum absolute atomic E-state index is 0.997. The molecule has 0 spiro atoms. The molecule has 0 nitrogen and oxygen atoms in total. The molecule has 0 unspecified atom stereocenters. The van der Waals surface area contributed by atoms with Gasteiger partial charge < -0.3 is 0 Å². The summed E-state index contributed by atoms with van der Waals surface area (Å²) < 4.78 is 0. The molecule has 0 atom stereocenters. The van der Waals surface area contributed by atoms with Crippen molar-refractivity contribution in [3.63, 3.8) is 0 Å². The van der Waals surface area contributed by atoms with Crippen LogP contribution >= 0.6 is 0 Å². The highest BCUT2D eigenvalue weighted by Crippen LogP contribution is 2.47. The Labute approximate surface area is 161 Å². The molecule has 0 heterocycles. The van der Waals surface area contributed by atoms with Gasteiger partial charge in [0.15, 0.2) is 0 Å². The average Bonchev–Trinajstić information content (AvgIpc) is 3.17. The Hall–Kier alpha value is -3.38. The van der Waals surface area contributed by atoms with Crippen LogP contribution in [0.1, 0.15) is 11.1 Å². The third kappa shape index (κ3) is 1.21. The van der Waals surface area contributed by atoms with E-state index in [0.717, 1.165) is 44.2 Å². The summed E-state index contributed by atoms with van der Waals surface area (Å²) in [5, 5.41) is 19.3. The third-order valence-corrected chi connectivity index (χ3v) is 7.51. The maximum absolute atomic E-state index is 4.43. The summed E-state index contributed by atoms with van der Waals surface area (Å²) >= 11 is 0. The Bertz CT molecular complexity index is 1860. The molecule has 0 saturated carbocycles. The Morgan fingerprint density at radius 3 is 1.18 bits per heavy atom. The summed E-state index contributed by atoms with van der Waals surface area (Å²) in [5.41, 5.74) is 2.73. The van der Waals surface area contributed by atoms with Crippen LogP contribution < -0.4 is 31.3 Å². The van der Waals surface area contributed by atoms with E-state index in [2.05, 4.69) is 51.6 Å². The van der Waals surface area contributed by atoms with Crippen LogP contribution in [-0.2, 0) is 12.8 Å². The summed E-state index contributed by atoms with van der Waals surface area (Å²) in [6.45, 7) is 26.5. The van der Waals surface area contributed by atoms with Crippen LogP contribution in [0.15, 0.2) is 12.1 Å². The highest BCUT2D eigenvalue weighted by atomic mass is 14.3. The van der Waals surface area contributed by atoms with Crippen LogP contribution in [0.2, 0.25) is 0 Å². The predicted octanol–water partition coefficient (Wildman–Crippen LogP) is 2.33. The lowest BCUT2D eigenvalue weighted by Gasteiger charge is -2.17. The Kier molecular flexibility index (Phi) is 2.12. The van der Waals surface area contributed by atoms with E-state index >= 15 is 0 Å². The van der Waals surface area contributed by atoms with Gasteiger partial charge in [0.1, 0.15) is 0 Å². The zero-order valence-electron chi connectivity index (χ0n) is 15.8. The highest BCUT2D eigenvalue weighted by molar-refractivity contribution is 6.44. The standard InChI is InChI=1S/C28H18/c1-11-13(3)21-9-19-15(5)16(6)20-10-22-14(4)12(2)18-8-7-17(11)24-25(18)27(22)28(23(19)20)26(21)24/h9-10H,1-8H2. The summed E-state index contributed by atoms with van der Waals surface area (Å²) in [4.78, 5) is 0. The normalized spacial score (nSPS) is 14.3. The summed E-state index contributed by atoms with van der Waals surface area (Å²) in [7, 11) is 0. The van der Waals surface area contributed by atoms with Gasteiger partial charge in [0.05, 0.1) is 0 Å². The van der Waals surface area contributed by atoms with E-state index in [9.17, 15) is 0 Å². The lowest BCUT2D eigenvalue weighted by Crippen LogP contribution is -2.32. The zero-order chi connectivity index (χ0) is 19.2. The van der Waals surface area contributed by atoms with Gasteiger partial charge >= 0.3 is 0 Å². The van der Waals surface area contributed by atoms with Gasteiger partial charge in [-0.15, -0.1) is 0 Å². The third-order valence-electron chi connectivity index (χ3n) is 7.51. The van der Waals surface area contributed by atoms with Crippen molar-refractivity contribution in [1.29, 1.82) is 0 Å². The molecule has 0 heteroatoms. The van der Waals surface area contributed by atoms with Gasteiger partial charge in [-0.2, -0.15) is 0 Å². The first kappa shape index (κ1) is 14.6. The molecule has 1 aliphatic rings. The molecular formula is C28H18. The lowest BCUT2D eigenvalue weighted by atomic mass is 9.86. The monoisotopic (exact) mass is 354 g/mol. The van der Waals surface area contributed by atoms with Crippen molar-refractivity contribution in [2.24, 2.45) is 0 Å². The molecule has 7 rings (SSSR count). The van der Waals surface area contributed by atoms with Crippen LogP contribution in [0.25, 0.3) is 93.3 Å². The van der Waals surface area contributed by atoms with Crippen molar-refractivity contribution in [3.05, 3.63) is 54.6 Å². The van der Waals surface area contributed by atoms with Crippen molar-refractivity contribution < 1.29 is 0 Å². The minimum Gasteiger partial charge on any atom is -0.0909 e. The second-order valence-corrected chi connectivity index (χ2v) is 8.52. The lowest BCUT2D eigenvalue weighted by molar-refractivity contribution is 0.953. The Morgan fingerprint density at radius 1 is 0.393 bits per heavy atom. The van der Waals surface area contributed by atoms with Gasteiger partial charge in [0, 0.05) is 0 Å².